The number of hydrogen-bond donors (Lipinski definition) is 2. The van der Waals surface area contributed by atoms with Gasteiger partial charge >= 0.3 is 0 Å². The Labute approximate surface area is 125 Å². The van der Waals surface area contributed by atoms with Crippen LogP contribution in [0.2, 0.25) is 0 Å². The van der Waals surface area contributed by atoms with Gasteiger partial charge in [0.25, 0.3) is 0 Å². The van der Waals surface area contributed by atoms with Crippen molar-refractivity contribution < 1.29 is 0 Å². The van der Waals surface area contributed by atoms with E-state index in [1.807, 2.05) is 19.3 Å². The fraction of sp³-hybridized carbons (Fsp3) is 0.500. The van der Waals surface area contributed by atoms with E-state index in [4.69, 9.17) is 0 Å². The maximum atomic E-state index is 11.4. The molecule has 0 fully saturated rings. The van der Waals surface area contributed by atoms with Gasteiger partial charge in [-0.15, -0.1) is 24.0 Å². The third kappa shape index (κ3) is 6.04. The molecule has 102 valence electrons. The average Bonchev–Trinajstić information content (AvgIpc) is 2.36. The van der Waals surface area contributed by atoms with Crippen molar-refractivity contribution >= 4 is 29.9 Å². The number of nitrogens with zero attached hydrogens (tertiary/aromatic N) is 2. The van der Waals surface area contributed by atoms with Crippen LogP contribution in [0.25, 0.3) is 0 Å². The topological polar surface area (TPSA) is 58.4 Å². The first-order chi connectivity index (χ1) is 8.27. The van der Waals surface area contributed by atoms with Gasteiger partial charge in [0.15, 0.2) is 5.96 Å². The van der Waals surface area contributed by atoms with Gasteiger partial charge in [-0.1, -0.05) is 6.07 Å². The van der Waals surface area contributed by atoms with Crippen LogP contribution in [-0.4, -0.2) is 31.2 Å². The maximum absolute atomic E-state index is 11.4. The van der Waals surface area contributed by atoms with Gasteiger partial charge in [-0.2, -0.15) is 0 Å². The lowest BCUT2D eigenvalue weighted by Crippen LogP contribution is -2.35. The van der Waals surface area contributed by atoms with E-state index in [2.05, 4.69) is 15.6 Å². The molecule has 5 nitrogen and oxygen atoms in total. The number of rotatable bonds is 5. The zero-order valence-corrected chi connectivity index (χ0v) is 13.2. The molecule has 0 aromatic carbocycles. The maximum Gasteiger partial charge on any atom is 0.250 e. The number of pyridine rings is 1. The Kier molecular flexibility index (Phi) is 9.35. The predicted molar refractivity (Wildman–Crippen MR) is 85.8 cm³/mol. The van der Waals surface area contributed by atoms with E-state index in [0.29, 0.717) is 0 Å². The van der Waals surface area contributed by atoms with E-state index >= 15 is 0 Å². The Balaban J connectivity index is 0.00000289. The van der Waals surface area contributed by atoms with Crippen LogP contribution in [0.4, 0.5) is 0 Å². The summed E-state index contributed by atoms with van der Waals surface area (Å²) in [6.45, 7) is 1.62. The summed E-state index contributed by atoms with van der Waals surface area (Å²) < 4.78 is 1.73. The summed E-state index contributed by atoms with van der Waals surface area (Å²) in [6, 6.07) is 5.22. The summed E-state index contributed by atoms with van der Waals surface area (Å²) in [5.41, 5.74) is 0.0616. The highest BCUT2D eigenvalue weighted by Gasteiger charge is 1.95. The molecule has 0 aliphatic heterocycles. The molecule has 2 N–H and O–H groups in total. The largest absolute Gasteiger partial charge is 0.359 e. The van der Waals surface area contributed by atoms with Gasteiger partial charge in [-0.05, 0) is 18.9 Å². The number of aromatic nitrogens is 1. The number of aliphatic imine (C=N–C) groups is 1. The average molecular weight is 364 g/mol. The van der Waals surface area contributed by atoms with E-state index in [0.717, 1.165) is 31.9 Å². The molecule has 1 heterocycles. The highest BCUT2D eigenvalue weighted by Crippen LogP contribution is 1.91. The molecule has 0 unspecified atom stereocenters. The molecule has 0 aliphatic rings. The van der Waals surface area contributed by atoms with Gasteiger partial charge in [-0.25, -0.2) is 0 Å². The lowest BCUT2D eigenvalue weighted by molar-refractivity contribution is 0.586. The molecule has 0 radical (unpaired) electrons. The molecule has 0 saturated heterocycles. The van der Waals surface area contributed by atoms with E-state index in [1.165, 1.54) is 0 Å². The molecule has 0 atom stereocenters. The van der Waals surface area contributed by atoms with E-state index in [-0.39, 0.29) is 29.5 Å². The van der Waals surface area contributed by atoms with Gasteiger partial charge in [0.05, 0.1) is 0 Å². The van der Waals surface area contributed by atoms with E-state index in [1.54, 1.807) is 23.7 Å². The molecule has 0 bridgehead atoms. The summed E-state index contributed by atoms with van der Waals surface area (Å²) in [5.74, 6) is 0.793. The minimum atomic E-state index is 0. The lowest BCUT2D eigenvalue weighted by Gasteiger charge is -2.08. The van der Waals surface area contributed by atoms with Gasteiger partial charge in [0.2, 0.25) is 5.56 Å². The molecule has 1 aromatic heterocycles. The Morgan fingerprint density at radius 2 is 2.17 bits per heavy atom. The predicted octanol–water partition coefficient (Wildman–Crippen LogP) is 1.04. The smallest absolute Gasteiger partial charge is 0.250 e. The molecule has 0 amide bonds. The molecule has 6 heteroatoms. The fourth-order valence-electron chi connectivity index (χ4n) is 1.54. The lowest BCUT2D eigenvalue weighted by atomic mass is 10.3. The molecule has 0 saturated carbocycles. The zero-order valence-electron chi connectivity index (χ0n) is 10.8. The second-order valence-corrected chi connectivity index (χ2v) is 3.69. The van der Waals surface area contributed by atoms with Gasteiger partial charge in [-0.3, -0.25) is 9.79 Å². The molecular weight excluding hydrogens is 343 g/mol. The summed E-state index contributed by atoms with van der Waals surface area (Å²) in [4.78, 5) is 15.4. The molecule has 18 heavy (non-hydrogen) atoms. The normalized spacial score (nSPS) is 10.7. The number of unbranched alkanes of at least 4 members (excludes halogenated alkanes) is 1. The number of aryl methyl sites for hydroxylation is 1. The molecule has 1 aromatic rings. The number of hydrogen-bond acceptors (Lipinski definition) is 2. The standard InChI is InChI=1S/C12H20N4O.HI/c1-13-12(14-2)15-8-4-6-10-16-9-5-3-7-11(16)17;/h3,5,7,9H,4,6,8,10H2,1-2H3,(H2,13,14,15);1H. The Morgan fingerprint density at radius 1 is 1.39 bits per heavy atom. The fourth-order valence-corrected chi connectivity index (χ4v) is 1.54. The van der Waals surface area contributed by atoms with Crippen LogP contribution in [-0.2, 0) is 6.54 Å². The first-order valence-electron chi connectivity index (χ1n) is 5.82. The van der Waals surface area contributed by atoms with Crippen LogP contribution < -0.4 is 16.2 Å². The van der Waals surface area contributed by atoms with Crippen molar-refractivity contribution in [3.63, 3.8) is 0 Å². The second-order valence-electron chi connectivity index (χ2n) is 3.69. The Bertz CT molecular complexity index is 417. The third-order valence-corrected chi connectivity index (χ3v) is 2.48. The molecule has 1 rings (SSSR count). The van der Waals surface area contributed by atoms with Gasteiger partial charge in [0.1, 0.15) is 0 Å². The first-order valence-corrected chi connectivity index (χ1v) is 5.82. The van der Waals surface area contributed by atoms with Crippen LogP contribution in [0.5, 0.6) is 0 Å². The Hall–Kier alpha value is -1.05. The van der Waals surface area contributed by atoms with Gasteiger partial charge in [0, 0.05) is 39.4 Å². The van der Waals surface area contributed by atoms with Gasteiger partial charge < -0.3 is 15.2 Å². The molecule has 0 spiro atoms. The van der Waals surface area contributed by atoms with Crippen LogP contribution >= 0.6 is 24.0 Å². The molecule has 0 aliphatic carbocycles. The van der Waals surface area contributed by atoms with Crippen LogP contribution in [0.3, 0.4) is 0 Å². The van der Waals surface area contributed by atoms with Crippen LogP contribution in [0.15, 0.2) is 34.2 Å². The third-order valence-electron chi connectivity index (χ3n) is 2.48. The van der Waals surface area contributed by atoms with Crippen molar-refractivity contribution in [2.24, 2.45) is 4.99 Å². The first kappa shape index (κ1) is 16.9. The minimum Gasteiger partial charge on any atom is -0.359 e. The number of guanidine groups is 1. The van der Waals surface area contributed by atoms with Crippen molar-refractivity contribution in [3.05, 3.63) is 34.7 Å². The van der Waals surface area contributed by atoms with Crippen LogP contribution in [0, 0.1) is 0 Å². The highest BCUT2D eigenvalue weighted by molar-refractivity contribution is 14.0. The van der Waals surface area contributed by atoms with Crippen molar-refractivity contribution in [1.29, 1.82) is 0 Å². The monoisotopic (exact) mass is 364 g/mol. The molecular formula is C12H21IN4O. The van der Waals surface area contributed by atoms with E-state index < -0.39 is 0 Å². The zero-order chi connectivity index (χ0) is 12.5. The van der Waals surface area contributed by atoms with Crippen molar-refractivity contribution in [2.75, 3.05) is 20.6 Å². The SMILES string of the molecule is CN=C(NC)NCCCCn1ccccc1=O.I. The summed E-state index contributed by atoms with van der Waals surface area (Å²) in [6.07, 6.45) is 3.79. The summed E-state index contributed by atoms with van der Waals surface area (Å²) in [5, 5.41) is 6.12. The van der Waals surface area contributed by atoms with Crippen molar-refractivity contribution in [2.45, 2.75) is 19.4 Å². The minimum absolute atomic E-state index is 0. The van der Waals surface area contributed by atoms with Crippen LogP contribution in [0.1, 0.15) is 12.8 Å². The highest BCUT2D eigenvalue weighted by atomic mass is 127. The summed E-state index contributed by atoms with van der Waals surface area (Å²) >= 11 is 0. The summed E-state index contributed by atoms with van der Waals surface area (Å²) in [7, 11) is 3.57. The van der Waals surface area contributed by atoms with E-state index in [9.17, 15) is 4.79 Å². The quantitative estimate of drug-likeness (QED) is 0.355. The Morgan fingerprint density at radius 3 is 2.78 bits per heavy atom. The van der Waals surface area contributed by atoms with Crippen molar-refractivity contribution in [3.8, 4) is 0 Å². The number of nitrogens with one attached hydrogen (secondary N) is 2. The van der Waals surface area contributed by atoms with Crippen molar-refractivity contribution in [1.82, 2.24) is 15.2 Å². The number of halogens is 1. The second kappa shape index (κ2) is 9.93.